The number of carbonyl (C=O) groups excluding carboxylic acids is 2. The number of carbonyl (C=O) groups is 2. The van der Waals surface area contributed by atoms with E-state index in [9.17, 15) is 9.59 Å². The summed E-state index contributed by atoms with van der Waals surface area (Å²) in [4.78, 5) is 26.3. The SMILES string of the molecule is NN1C(=O)/C(=C/c2ccccc2)C(=O)N(c2ccccc2)C1=S. The molecule has 23 heavy (non-hydrogen) atoms. The molecule has 1 saturated heterocycles. The molecule has 1 heterocycles. The van der Waals surface area contributed by atoms with Crippen molar-refractivity contribution in [2.45, 2.75) is 0 Å². The molecular formula is C17H13N3O2S. The molecule has 3 rings (SSSR count). The van der Waals surface area contributed by atoms with Gasteiger partial charge in [-0.15, -0.1) is 0 Å². The van der Waals surface area contributed by atoms with Gasteiger partial charge in [-0.25, -0.2) is 10.9 Å². The van der Waals surface area contributed by atoms with Gasteiger partial charge < -0.3 is 0 Å². The third kappa shape index (κ3) is 2.77. The highest BCUT2D eigenvalue weighted by Gasteiger charge is 2.39. The fourth-order valence-electron chi connectivity index (χ4n) is 2.27. The normalized spacial score (nSPS) is 17.1. The number of benzene rings is 2. The summed E-state index contributed by atoms with van der Waals surface area (Å²) in [7, 11) is 0. The van der Waals surface area contributed by atoms with Crippen LogP contribution in [0.1, 0.15) is 5.56 Å². The number of para-hydroxylation sites is 1. The molecule has 2 aromatic rings. The van der Waals surface area contributed by atoms with Crippen LogP contribution in [-0.2, 0) is 9.59 Å². The van der Waals surface area contributed by atoms with Gasteiger partial charge in [-0.1, -0.05) is 48.5 Å². The molecule has 0 spiro atoms. The molecule has 6 heteroatoms. The molecule has 0 bridgehead atoms. The number of nitrogens with zero attached hydrogens (tertiary/aromatic N) is 2. The van der Waals surface area contributed by atoms with E-state index in [1.54, 1.807) is 36.4 Å². The maximum atomic E-state index is 12.8. The molecule has 0 aliphatic carbocycles. The first-order valence-corrected chi connectivity index (χ1v) is 7.30. The third-order valence-electron chi connectivity index (χ3n) is 3.41. The standard InChI is InChI=1S/C17H13N3O2S/c18-20-16(22)14(11-12-7-3-1-4-8-12)15(21)19(17(20)23)13-9-5-2-6-10-13/h1-11H,18H2/b14-11+. The fraction of sp³-hybridized carbons (Fsp3) is 0. The van der Waals surface area contributed by atoms with Gasteiger partial charge in [-0.05, 0) is 36.0 Å². The summed E-state index contributed by atoms with van der Waals surface area (Å²) in [5.41, 5.74) is 1.26. The van der Waals surface area contributed by atoms with E-state index in [4.69, 9.17) is 18.1 Å². The Kier molecular flexibility index (Phi) is 4.01. The highest BCUT2D eigenvalue weighted by Crippen LogP contribution is 2.24. The lowest BCUT2D eigenvalue weighted by atomic mass is 10.1. The average Bonchev–Trinajstić information content (AvgIpc) is 2.59. The predicted molar refractivity (Wildman–Crippen MR) is 92.0 cm³/mol. The maximum Gasteiger partial charge on any atom is 0.280 e. The summed E-state index contributed by atoms with van der Waals surface area (Å²) >= 11 is 5.16. The Labute approximate surface area is 138 Å². The topological polar surface area (TPSA) is 66.6 Å². The lowest BCUT2D eigenvalue weighted by molar-refractivity contribution is -0.128. The number of thiocarbonyl (C=S) groups is 1. The molecule has 1 aliphatic rings. The van der Waals surface area contributed by atoms with Gasteiger partial charge in [0.25, 0.3) is 11.8 Å². The van der Waals surface area contributed by atoms with Crippen LogP contribution in [0.15, 0.2) is 66.2 Å². The van der Waals surface area contributed by atoms with Crippen molar-refractivity contribution in [3.05, 3.63) is 71.8 Å². The van der Waals surface area contributed by atoms with E-state index in [2.05, 4.69) is 0 Å². The highest BCUT2D eigenvalue weighted by molar-refractivity contribution is 7.80. The quantitative estimate of drug-likeness (QED) is 0.302. The first-order valence-electron chi connectivity index (χ1n) is 6.89. The number of anilines is 1. The minimum Gasteiger partial charge on any atom is -0.268 e. The number of hydrazine groups is 1. The van der Waals surface area contributed by atoms with Crippen molar-refractivity contribution >= 4 is 40.9 Å². The Bertz CT molecular complexity index is 803. The van der Waals surface area contributed by atoms with Crippen LogP contribution in [0.5, 0.6) is 0 Å². The van der Waals surface area contributed by atoms with Gasteiger partial charge in [-0.3, -0.25) is 14.5 Å². The van der Waals surface area contributed by atoms with Gasteiger partial charge >= 0.3 is 0 Å². The Hall–Kier alpha value is -2.83. The molecule has 114 valence electrons. The van der Waals surface area contributed by atoms with Crippen molar-refractivity contribution in [2.24, 2.45) is 5.84 Å². The van der Waals surface area contributed by atoms with E-state index < -0.39 is 11.8 Å². The van der Waals surface area contributed by atoms with Crippen molar-refractivity contribution < 1.29 is 9.59 Å². The van der Waals surface area contributed by atoms with Gasteiger partial charge in [0.2, 0.25) is 5.11 Å². The van der Waals surface area contributed by atoms with Crippen molar-refractivity contribution in [1.29, 1.82) is 0 Å². The second-order valence-electron chi connectivity index (χ2n) is 4.90. The molecule has 2 amide bonds. The second-order valence-corrected chi connectivity index (χ2v) is 5.27. The molecule has 1 fully saturated rings. The van der Waals surface area contributed by atoms with Crippen LogP contribution in [0.4, 0.5) is 5.69 Å². The van der Waals surface area contributed by atoms with Gasteiger partial charge in [0.1, 0.15) is 5.57 Å². The molecule has 5 nitrogen and oxygen atoms in total. The fourth-order valence-corrected chi connectivity index (χ4v) is 2.54. The first kappa shape index (κ1) is 15.1. The lowest BCUT2D eigenvalue weighted by Gasteiger charge is -2.33. The summed E-state index contributed by atoms with van der Waals surface area (Å²) < 4.78 is 0. The van der Waals surface area contributed by atoms with Crippen LogP contribution >= 0.6 is 12.2 Å². The lowest BCUT2D eigenvalue weighted by Crippen LogP contribution is -2.59. The van der Waals surface area contributed by atoms with Gasteiger partial charge in [0.15, 0.2) is 0 Å². The van der Waals surface area contributed by atoms with Crippen LogP contribution in [0.25, 0.3) is 6.08 Å². The number of nitrogens with two attached hydrogens (primary N) is 1. The summed E-state index contributed by atoms with van der Waals surface area (Å²) in [5.74, 6) is 4.66. The van der Waals surface area contributed by atoms with Crippen molar-refractivity contribution in [3.8, 4) is 0 Å². The van der Waals surface area contributed by atoms with E-state index in [-0.39, 0.29) is 10.7 Å². The largest absolute Gasteiger partial charge is 0.280 e. The molecule has 2 N–H and O–H groups in total. The summed E-state index contributed by atoms with van der Waals surface area (Å²) in [6, 6.07) is 17.9. The van der Waals surface area contributed by atoms with Crippen molar-refractivity contribution in [2.75, 3.05) is 4.90 Å². The van der Waals surface area contributed by atoms with Gasteiger partial charge in [0.05, 0.1) is 5.69 Å². The summed E-state index contributed by atoms with van der Waals surface area (Å²) in [6.07, 6.45) is 1.52. The Morgan fingerprint density at radius 2 is 1.43 bits per heavy atom. The predicted octanol–water partition coefficient (Wildman–Crippen LogP) is 2.10. The average molecular weight is 323 g/mol. The molecule has 0 radical (unpaired) electrons. The van der Waals surface area contributed by atoms with Crippen LogP contribution < -0.4 is 10.7 Å². The van der Waals surface area contributed by atoms with E-state index in [1.165, 1.54) is 11.0 Å². The smallest absolute Gasteiger partial charge is 0.268 e. The first-order chi connectivity index (χ1) is 11.1. The Balaban J connectivity index is 2.07. The molecule has 0 unspecified atom stereocenters. The van der Waals surface area contributed by atoms with Crippen LogP contribution in [0, 0.1) is 0 Å². The molecule has 0 saturated carbocycles. The zero-order chi connectivity index (χ0) is 16.4. The minimum atomic E-state index is -0.615. The van der Waals surface area contributed by atoms with Crippen LogP contribution in [0.3, 0.4) is 0 Å². The Morgan fingerprint density at radius 1 is 0.870 bits per heavy atom. The van der Waals surface area contributed by atoms with Crippen LogP contribution in [0.2, 0.25) is 0 Å². The number of rotatable bonds is 2. The highest BCUT2D eigenvalue weighted by atomic mass is 32.1. The van der Waals surface area contributed by atoms with E-state index in [1.807, 2.05) is 24.3 Å². The zero-order valence-corrected chi connectivity index (χ0v) is 12.9. The molecule has 0 aromatic heterocycles. The van der Waals surface area contributed by atoms with Gasteiger partial charge in [0, 0.05) is 0 Å². The van der Waals surface area contributed by atoms with E-state index in [0.29, 0.717) is 5.69 Å². The number of hydrogen-bond donors (Lipinski definition) is 1. The molecule has 2 aromatic carbocycles. The van der Waals surface area contributed by atoms with E-state index in [0.717, 1.165) is 10.6 Å². The maximum absolute atomic E-state index is 12.8. The van der Waals surface area contributed by atoms with Crippen LogP contribution in [-0.4, -0.2) is 21.9 Å². The molecule has 0 atom stereocenters. The molecular weight excluding hydrogens is 310 g/mol. The zero-order valence-electron chi connectivity index (χ0n) is 12.0. The van der Waals surface area contributed by atoms with Crippen molar-refractivity contribution in [3.63, 3.8) is 0 Å². The number of hydrogen-bond acceptors (Lipinski definition) is 4. The van der Waals surface area contributed by atoms with Gasteiger partial charge in [-0.2, -0.15) is 0 Å². The Morgan fingerprint density at radius 3 is 2.04 bits per heavy atom. The minimum absolute atomic E-state index is 0.0313. The number of amides is 2. The monoisotopic (exact) mass is 323 g/mol. The second kappa shape index (κ2) is 6.12. The van der Waals surface area contributed by atoms with E-state index >= 15 is 0 Å². The van der Waals surface area contributed by atoms with Crippen molar-refractivity contribution in [1.82, 2.24) is 5.01 Å². The molecule has 1 aliphatic heterocycles. The third-order valence-corrected chi connectivity index (χ3v) is 3.78. The summed E-state index contributed by atoms with van der Waals surface area (Å²) in [5, 5.41) is 0.773. The summed E-state index contributed by atoms with van der Waals surface area (Å²) in [6.45, 7) is 0.